The predicted molar refractivity (Wildman–Crippen MR) is 80.4 cm³/mol. The molecule has 1 unspecified atom stereocenters. The van der Waals surface area contributed by atoms with E-state index >= 15 is 0 Å². The number of hydrogen-bond acceptors (Lipinski definition) is 2. The first kappa shape index (κ1) is 14.1. The van der Waals surface area contributed by atoms with E-state index in [0.717, 1.165) is 18.2 Å². The summed E-state index contributed by atoms with van der Waals surface area (Å²) in [6.45, 7) is 8.00. The second kappa shape index (κ2) is 6.76. The van der Waals surface area contributed by atoms with E-state index in [0.29, 0.717) is 0 Å². The third-order valence-corrected chi connectivity index (χ3v) is 3.83. The van der Waals surface area contributed by atoms with Crippen LogP contribution in [-0.2, 0) is 6.54 Å². The molecule has 1 aromatic rings. The molecule has 0 N–H and O–H groups in total. The Bertz CT molecular complexity index is 421. The molecule has 0 saturated carbocycles. The number of allylic oxidation sites excluding steroid dienone is 1. The molecule has 104 valence electrons. The Kier molecular flexibility index (Phi) is 5.03. The monoisotopic (exact) mass is 259 g/mol. The summed E-state index contributed by atoms with van der Waals surface area (Å²) in [6, 6.07) is 8.44. The van der Waals surface area contributed by atoms with Crippen LogP contribution in [0.4, 0.5) is 0 Å². The molecule has 0 aliphatic carbocycles. The van der Waals surface area contributed by atoms with Crippen LogP contribution in [-0.4, -0.2) is 25.1 Å². The molecule has 2 nitrogen and oxygen atoms in total. The minimum Gasteiger partial charge on any atom is -0.497 e. The van der Waals surface area contributed by atoms with E-state index in [1.807, 2.05) is 12.1 Å². The van der Waals surface area contributed by atoms with Crippen LogP contribution in [0.2, 0.25) is 0 Å². The van der Waals surface area contributed by atoms with Gasteiger partial charge in [0, 0.05) is 19.6 Å². The zero-order chi connectivity index (χ0) is 13.7. The fourth-order valence-corrected chi connectivity index (χ4v) is 2.58. The van der Waals surface area contributed by atoms with Gasteiger partial charge in [-0.2, -0.15) is 0 Å². The second-order valence-electron chi connectivity index (χ2n) is 5.72. The third kappa shape index (κ3) is 4.39. The van der Waals surface area contributed by atoms with E-state index in [4.69, 9.17) is 4.74 Å². The van der Waals surface area contributed by atoms with Crippen LogP contribution < -0.4 is 4.74 Å². The van der Waals surface area contributed by atoms with Crippen molar-refractivity contribution >= 4 is 0 Å². The molecule has 1 aromatic carbocycles. The van der Waals surface area contributed by atoms with Gasteiger partial charge in [-0.1, -0.05) is 30.7 Å². The lowest BCUT2D eigenvalue weighted by Gasteiger charge is -2.27. The fourth-order valence-electron chi connectivity index (χ4n) is 2.58. The van der Waals surface area contributed by atoms with Gasteiger partial charge in [0.15, 0.2) is 0 Å². The molecular weight excluding hydrogens is 234 g/mol. The summed E-state index contributed by atoms with van der Waals surface area (Å²) in [5, 5.41) is 0. The van der Waals surface area contributed by atoms with Crippen LogP contribution in [0, 0.1) is 5.92 Å². The van der Waals surface area contributed by atoms with Crippen molar-refractivity contribution in [3.05, 3.63) is 41.5 Å². The Morgan fingerprint density at radius 2 is 2.00 bits per heavy atom. The molecule has 1 heterocycles. The molecule has 0 spiro atoms. The van der Waals surface area contributed by atoms with Gasteiger partial charge in [0.2, 0.25) is 0 Å². The Morgan fingerprint density at radius 3 is 2.68 bits per heavy atom. The number of ether oxygens (including phenoxy) is 1. The lowest BCUT2D eigenvalue weighted by atomic mass is 10.0. The summed E-state index contributed by atoms with van der Waals surface area (Å²) in [7, 11) is 1.71. The smallest absolute Gasteiger partial charge is 0.118 e. The van der Waals surface area contributed by atoms with Crippen molar-refractivity contribution in [1.82, 2.24) is 4.90 Å². The summed E-state index contributed by atoms with van der Waals surface area (Å²) in [4.78, 5) is 2.57. The van der Waals surface area contributed by atoms with Crippen LogP contribution in [0.1, 0.15) is 32.3 Å². The zero-order valence-corrected chi connectivity index (χ0v) is 12.4. The van der Waals surface area contributed by atoms with Gasteiger partial charge < -0.3 is 4.74 Å². The molecule has 0 fully saturated rings. The molecule has 1 aliphatic heterocycles. The highest BCUT2D eigenvalue weighted by molar-refractivity contribution is 5.27. The molecule has 2 heteroatoms. The van der Waals surface area contributed by atoms with Gasteiger partial charge in [0.25, 0.3) is 0 Å². The molecule has 0 bridgehead atoms. The van der Waals surface area contributed by atoms with Crippen molar-refractivity contribution in [2.24, 2.45) is 5.92 Å². The SMILES string of the molecule is COc1ccc(CN2CC/C(C)=C\CC(C)C2)cc1. The number of hydrogen-bond donors (Lipinski definition) is 0. The number of benzene rings is 1. The average molecular weight is 259 g/mol. The van der Waals surface area contributed by atoms with E-state index in [2.05, 4.69) is 37.0 Å². The zero-order valence-electron chi connectivity index (χ0n) is 12.4. The minimum atomic E-state index is 0.744. The van der Waals surface area contributed by atoms with Gasteiger partial charge in [-0.25, -0.2) is 0 Å². The van der Waals surface area contributed by atoms with Gasteiger partial charge in [0.1, 0.15) is 5.75 Å². The normalized spacial score (nSPS) is 24.2. The van der Waals surface area contributed by atoms with Crippen LogP contribution in [0.25, 0.3) is 0 Å². The maximum Gasteiger partial charge on any atom is 0.118 e. The van der Waals surface area contributed by atoms with Gasteiger partial charge >= 0.3 is 0 Å². The van der Waals surface area contributed by atoms with Gasteiger partial charge in [-0.05, 0) is 43.4 Å². The maximum absolute atomic E-state index is 5.21. The molecule has 0 aromatic heterocycles. The topological polar surface area (TPSA) is 12.5 Å². The van der Waals surface area contributed by atoms with Gasteiger partial charge in [0.05, 0.1) is 7.11 Å². The Balaban J connectivity index is 1.98. The lowest BCUT2D eigenvalue weighted by molar-refractivity contribution is 0.228. The van der Waals surface area contributed by atoms with Crippen molar-refractivity contribution in [3.63, 3.8) is 0 Å². The summed E-state index contributed by atoms with van der Waals surface area (Å²) >= 11 is 0. The van der Waals surface area contributed by atoms with Crippen LogP contribution in [0.15, 0.2) is 35.9 Å². The molecular formula is C17H25NO. The van der Waals surface area contributed by atoms with E-state index in [1.54, 1.807) is 7.11 Å². The summed E-state index contributed by atoms with van der Waals surface area (Å²) in [5.41, 5.74) is 2.90. The first-order chi connectivity index (χ1) is 9.17. The van der Waals surface area contributed by atoms with Crippen molar-refractivity contribution in [2.45, 2.75) is 33.2 Å². The molecule has 19 heavy (non-hydrogen) atoms. The van der Waals surface area contributed by atoms with Crippen LogP contribution in [0.5, 0.6) is 5.75 Å². The van der Waals surface area contributed by atoms with E-state index in [1.165, 1.54) is 37.1 Å². The number of methoxy groups -OCH3 is 1. The fraction of sp³-hybridized carbons (Fsp3) is 0.529. The van der Waals surface area contributed by atoms with Crippen molar-refractivity contribution < 1.29 is 4.74 Å². The maximum atomic E-state index is 5.21. The first-order valence-corrected chi connectivity index (χ1v) is 7.18. The highest BCUT2D eigenvalue weighted by atomic mass is 16.5. The molecule has 0 amide bonds. The summed E-state index contributed by atoms with van der Waals surface area (Å²) < 4.78 is 5.21. The molecule has 1 atom stereocenters. The first-order valence-electron chi connectivity index (χ1n) is 7.18. The third-order valence-electron chi connectivity index (χ3n) is 3.83. The Labute approximate surface area is 117 Å². The average Bonchev–Trinajstić information content (AvgIpc) is 2.42. The largest absolute Gasteiger partial charge is 0.497 e. The number of rotatable bonds is 3. The Hall–Kier alpha value is -1.28. The van der Waals surface area contributed by atoms with Crippen LogP contribution >= 0.6 is 0 Å². The number of nitrogens with zero attached hydrogens (tertiary/aromatic N) is 1. The van der Waals surface area contributed by atoms with Gasteiger partial charge in [-0.15, -0.1) is 0 Å². The quantitative estimate of drug-likeness (QED) is 0.764. The highest BCUT2D eigenvalue weighted by Gasteiger charge is 2.13. The van der Waals surface area contributed by atoms with Crippen molar-refractivity contribution in [3.8, 4) is 5.75 Å². The minimum absolute atomic E-state index is 0.744. The summed E-state index contributed by atoms with van der Waals surface area (Å²) in [6.07, 6.45) is 4.82. The predicted octanol–water partition coefficient (Wildman–Crippen LogP) is 3.87. The molecule has 2 rings (SSSR count). The molecule has 0 saturated heterocycles. The molecule has 1 aliphatic rings. The van der Waals surface area contributed by atoms with E-state index < -0.39 is 0 Å². The summed E-state index contributed by atoms with van der Waals surface area (Å²) in [5.74, 6) is 1.68. The standard InChI is InChI=1S/C17H25NO/c1-14-4-5-15(2)12-18(11-10-14)13-16-6-8-17(19-3)9-7-16/h4,6-9,15H,5,10-13H2,1-3H3/b14-4-. The lowest BCUT2D eigenvalue weighted by Crippen LogP contribution is -2.30. The van der Waals surface area contributed by atoms with Gasteiger partial charge in [-0.3, -0.25) is 4.90 Å². The Morgan fingerprint density at radius 1 is 1.26 bits per heavy atom. The van der Waals surface area contributed by atoms with Crippen molar-refractivity contribution in [2.75, 3.05) is 20.2 Å². The highest BCUT2D eigenvalue weighted by Crippen LogP contribution is 2.18. The van der Waals surface area contributed by atoms with E-state index in [9.17, 15) is 0 Å². The molecule has 0 radical (unpaired) electrons. The second-order valence-corrected chi connectivity index (χ2v) is 5.72. The van der Waals surface area contributed by atoms with E-state index in [-0.39, 0.29) is 0 Å². The van der Waals surface area contributed by atoms with Crippen molar-refractivity contribution in [1.29, 1.82) is 0 Å². The van der Waals surface area contributed by atoms with Crippen LogP contribution in [0.3, 0.4) is 0 Å².